The third-order valence-electron chi connectivity index (χ3n) is 4.52. The second kappa shape index (κ2) is 11.6. The van der Waals surface area contributed by atoms with Gasteiger partial charge in [-0.3, -0.25) is 14.5 Å². The molecule has 0 heterocycles. The van der Waals surface area contributed by atoms with Crippen molar-refractivity contribution in [3.05, 3.63) is 66.2 Å². The summed E-state index contributed by atoms with van der Waals surface area (Å²) in [7, 11) is 1.54. The van der Waals surface area contributed by atoms with Crippen LogP contribution in [0.5, 0.6) is 5.75 Å². The van der Waals surface area contributed by atoms with Crippen LogP contribution < -0.4 is 15.4 Å². The van der Waals surface area contributed by atoms with Crippen molar-refractivity contribution in [3.8, 4) is 18.2 Å². The maximum Gasteiger partial charge on any atom is 0.408 e. The molecule has 1 atom stereocenters. The van der Waals surface area contributed by atoms with Crippen LogP contribution >= 0.6 is 0 Å². The van der Waals surface area contributed by atoms with Crippen molar-refractivity contribution < 1.29 is 23.9 Å². The largest absolute Gasteiger partial charge is 0.497 e. The smallest absolute Gasteiger partial charge is 0.408 e. The molecule has 0 aliphatic rings. The minimum atomic E-state index is -1.17. The molecule has 2 N–H and O–H groups in total. The molecule has 0 fully saturated rings. The van der Waals surface area contributed by atoms with Gasteiger partial charge in [0.25, 0.3) is 11.8 Å². The van der Waals surface area contributed by atoms with Crippen LogP contribution in [0.4, 0.5) is 10.5 Å². The maximum atomic E-state index is 13.3. The summed E-state index contributed by atoms with van der Waals surface area (Å²) in [6.45, 7) is 8.40. The molecule has 2 rings (SSSR count). The summed E-state index contributed by atoms with van der Waals surface area (Å²) >= 11 is 0. The minimum absolute atomic E-state index is 0.452. The number of rotatable bonds is 8. The van der Waals surface area contributed by atoms with E-state index in [0.717, 1.165) is 10.5 Å². The Balaban J connectivity index is 2.31. The number of hydrogen-bond acceptors (Lipinski definition) is 5. The Morgan fingerprint density at radius 3 is 2.41 bits per heavy atom. The van der Waals surface area contributed by atoms with Gasteiger partial charge in [0.15, 0.2) is 0 Å². The number of nitrogens with one attached hydrogen (secondary N) is 2. The Hall–Kier alpha value is -4.25. The number of ether oxygens (including phenoxy) is 2. The lowest BCUT2D eigenvalue weighted by Gasteiger charge is -2.27. The highest BCUT2D eigenvalue weighted by atomic mass is 16.6. The first-order valence-corrected chi connectivity index (χ1v) is 10.5. The first-order chi connectivity index (χ1) is 16.1. The Morgan fingerprint density at radius 1 is 1.18 bits per heavy atom. The topological polar surface area (TPSA) is 97.0 Å². The van der Waals surface area contributed by atoms with Gasteiger partial charge in [0, 0.05) is 11.7 Å². The van der Waals surface area contributed by atoms with Crippen LogP contribution in [0.3, 0.4) is 0 Å². The van der Waals surface area contributed by atoms with E-state index in [1.165, 1.54) is 7.11 Å². The number of anilines is 1. The van der Waals surface area contributed by atoms with E-state index in [2.05, 4.69) is 23.3 Å². The van der Waals surface area contributed by atoms with Crippen molar-refractivity contribution in [1.82, 2.24) is 10.2 Å². The lowest BCUT2D eigenvalue weighted by molar-refractivity contribution is -0.134. The summed E-state index contributed by atoms with van der Waals surface area (Å²) in [5.74, 6) is -0.566. The normalized spacial score (nSPS) is 11.4. The van der Waals surface area contributed by atoms with Crippen molar-refractivity contribution >= 4 is 29.7 Å². The highest BCUT2D eigenvalue weighted by Crippen LogP contribution is 2.25. The van der Waals surface area contributed by atoms with Gasteiger partial charge in [-0.2, -0.15) is 0 Å². The number of alkyl carbamates (subject to hydrolysis) is 1. The summed E-state index contributed by atoms with van der Waals surface area (Å²) in [5, 5.41) is 5.15. The number of carbonyl (C=O) groups is 3. The molecule has 8 heteroatoms. The molecule has 1 unspecified atom stereocenters. The molecule has 34 heavy (non-hydrogen) atoms. The fourth-order valence-corrected chi connectivity index (χ4v) is 3.00. The number of carbonyl (C=O) groups excluding carboxylic acids is 3. The fourth-order valence-electron chi connectivity index (χ4n) is 3.00. The summed E-state index contributed by atoms with van der Waals surface area (Å²) in [4.78, 5) is 39.2. The van der Waals surface area contributed by atoms with Gasteiger partial charge >= 0.3 is 6.09 Å². The van der Waals surface area contributed by atoms with E-state index in [1.807, 2.05) is 0 Å². The van der Waals surface area contributed by atoms with E-state index in [1.54, 1.807) is 75.4 Å². The molecule has 178 valence electrons. The van der Waals surface area contributed by atoms with Gasteiger partial charge in [-0.25, -0.2) is 4.79 Å². The van der Waals surface area contributed by atoms with E-state index in [-0.39, 0.29) is 0 Å². The zero-order chi connectivity index (χ0) is 25.3. The van der Waals surface area contributed by atoms with E-state index in [0.29, 0.717) is 17.0 Å². The lowest BCUT2D eigenvalue weighted by atomic mass is 10.0. The molecule has 0 aliphatic heterocycles. The Bertz CT molecular complexity index is 1080. The molecular weight excluding hydrogens is 434 g/mol. The Kier molecular flexibility index (Phi) is 8.85. The number of terminal acetylenes is 1. The minimum Gasteiger partial charge on any atom is -0.497 e. The predicted molar refractivity (Wildman–Crippen MR) is 131 cm³/mol. The SMILES string of the molecule is C#CN(C(=O)CNC(=O)OC(C)(C)C)C(C(=O)Nc1ccc(OC)cc1)c1cccc(C=C)c1. The molecule has 0 radical (unpaired) electrons. The number of hydrogen-bond donors (Lipinski definition) is 2. The second-order valence-electron chi connectivity index (χ2n) is 8.24. The van der Waals surface area contributed by atoms with Crippen LogP contribution in [0.15, 0.2) is 55.1 Å². The maximum absolute atomic E-state index is 13.3. The van der Waals surface area contributed by atoms with Crippen molar-refractivity contribution in [3.63, 3.8) is 0 Å². The molecule has 0 saturated heterocycles. The van der Waals surface area contributed by atoms with Gasteiger partial charge < -0.3 is 20.1 Å². The zero-order valence-corrected chi connectivity index (χ0v) is 19.8. The summed E-state index contributed by atoms with van der Waals surface area (Å²) in [6.07, 6.45) is 6.50. The summed E-state index contributed by atoms with van der Waals surface area (Å²) in [5.41, 5.74) is 0.986. The summed E-state index contributed by atoms with van der Waals surface area (Å²) < 4.78 is 10.3. The van der Waals surface area contributed by atoms with Crippen molar-refractivity contribution in [2.24, 2.45) is 0 Å². The van der Waals surface area contributed by atoms with Gasteiger partial charge in [0.05, 0.1) is 7.11 Å². The Labute approximate surface area is 199 Å². The number of nitrogens with zero attached hydrogens (tertiary/aromatic N) is 1. The molecule has 3 amide bonds. The van der Waals surface area contributed by atoms with Crippen LogP contribution in [-0.4, -0.2) is 42.1 Å². The predicted octanol–water partition coefficient (Wildman–Crippen LogP) is 3.96. The first-order valence-electron chi connectivity index (χ1n) is 10.5. The van der Waals surface area contributed by atoms with Gasteiger partial charge in [-0.1, -0.05) is 37.3 Å². The second-order valence-corrected chi connectivity index (χ2v) is 8.24. The van der Waals surface area contributed by atoms with Crippen LogP contribution in [0.1, 0.15) is 37.9 Å². The van der Waals surface area contributed by atoms with Gasteiger partial charge in [-0.15, -0.1) is 0 Å². The standard InChI is InChI=1S/C26H29N3O5/c1-7-18-10-9-11-19(16-18)23(24(31)28-20-12-14-21(33-6)15-13-20)29(8-2)22(30)17-27-25(32)34-26(3,4)5/h2,7,9-16,23H,1,17H2,3-6H3,(H,27,32)(H,28,31). The average Bonchev–Trinajstić information content (AvgIpc) is 2.80. The number of amides is 3. The van der Waals surface area contributed by atoms with Crippen LogP contribution in [0.25, 0.3) is 6.08 Å². The van der Waals surface area contributed by atoms with E-state index in [9.17, 15) is 14.4 Å². The van der Waals surface area contributed by atoms with Crippen LogP contribution in [-0.2, 0) is 14.3 Å². The molecule has 8 nitrogen and oxygen atoms in total. The average molecular weight is 464 g/mol. The van der Waals surface area contributed by atoms with Crippen LogP contribution in [0.2, 0.25) is 0 Å². The van der Waals surface area contributed by atoms with E-state index < -0.39 is 36.1 Å². The molecule has 0 aromatic heterocycles. The van der Waals surface area contributed by atoms with Crippen LogP contribution in [0, 0.1) is 12.5 Å². The third-order valence-corrected chi connectivity index (χ3v) is 4.52. The molecule has 2 aromatic rings. The zero-order valence-electron chi connectivity index (χ0n) is 19.8. The number of methoxy groups -OCH3 is 1. The molecule has 0 spiro atoms. The molecule has 0 aliphatic carbocycles. The number of benzene rings is 2. The quantitative estimate of drug-likeness (QED) is 0.456. The molecule has 2 aromatic carbocycles. The lowest BCUT2D eigenvalue weighted by Crippen LogP contribution is -2.44. The van der Waals surface area contributed by atoms with Crippen molar-refractivity contribution in [2.75, 3.05) is 19.0 Å². The highest BCUT2D eigenvalue weighted by Gasteiger charge is 2.31. The molecular formula is C26H29N3O5. The van der Waals surface area contributed by atoms with Gasteiger partial charge in [-0.05, 0) is 62.2 Å². The first kappa shape index (κ1) is 26.0. The summed E-state index contributed by atoms with van der Waals surface area (Å²) in [6, 6.07) is 14.8. The van der Waals surface area contributed by atoms with Gasteiger partial charge in [0.2, 0.25) is 0 Å². The van der Waals surface area contributed by atoms with E-state index in [4.69, 9.17) is 15.9 Å². The monoisotopic (exact) mass is 463 g/mol. The van der Waals surface area contributed by atoms with Crippen molar-refractivity contribution in [1.29, 1.82) is 0 Å². The van der Waals surface area contributed by atoms with E-state index >= 15 is 0 Å². The fraction of sp³-hybridized carbons (Fsp3) is 0.269. The Morgan fingerprint density at radius 2 is 1.85 bits per heavy atom. The highest BCUT2D eigenvalue weighted by molar-refractivity contribution is 5.99. The van der Waals surface area contributed by atoms with Crippen molar-refractivity contribution in [2.45, 2.75) is 32.4 Å². The third kappa shape index (κ3) is 7.41. The van der Waals surface area contributed by atoms with Gasteiger partial charge in [0.1, 0.15) is 23.9 Å². The molecule has 0 bridgehead atoms. The molecule has 0 saturated carbocycles.